The number of carbonyl (C=O) groups is 1. The maximum Gasteiger partial charge on any atom is 0.387 e. The van der Waals surface area contributed by atoms with Crippen LogP contribution in [0.15, 0.2) is 23.2 Å². The Hall–Kier alpha value is -1.65. The molecule has 3 N–H and O–H groups in total. The number of alkyl halides is 2. The van der Waals surface area contributed by atoms with Gasteiger partial charge < -0.3 is 20.7 Å². The van der Waals surface area contributed by atoms with Crippen molar-refractivity contribution in [1.82, 2.24) is 16.0 Å². The average molecular weight is 498 g/mol. The fourth-order valence-electron chi connectivity index (χ4n) is 2.08. The van der Waals surface area contributed by atoms with Crippen LogP contribution in [0.5, 0.6) is 5.75 Å². The molecule has 1 amide bonds. The first-order valence-corrected chi connectivity index (χ1v) is 8.40. The number of rotatable bonds is 7. The van der Waals surface area contributed by atoms with E-state index in [0.29, 0.717) is 24.6 Å². The average Bonchev–Trinajstić information content (AvgIpc) is 2.54. The highest BCUT2D eigenvalue weighted by Gasteiger charge is 2.20. The van der Waals surface area contributed by atoms with Crippen LogP contribution in [0.25, 0.3) is 0 Å². The molecule has 0 heterocycles. The molecule has 0 saturated carbocycles. The molecule has 0 fully saturated rings. The van der Waals surface area contributed by atoms with Crippen molar-refractivity contribution in [3.8, 4) is 5.75 Å². The summed E-state index contributed by atoms with van der Waals surface area (Å²) in [4.78, 5) is 15.9. The summed E-state index contributed by atoms with van der Waals surface area (Å²) in [6.07, 6.45) is 0. The third kappa shape index (κ3) is 9.73. The molecule has 0 aliphatic heterocycles. The standard InChI is InChI=1S/C18H28F2N4O2.HI/c1-12-6-7-14(26-16(19)20)13(10-12)11-24-17(21-5)23-9-8-22-15(25)18(2,3)4;/h6-7,10,16H,8-9,11H2,1-5H3,(H,22,25)(H2,21,23,24);1H. The Morgan fingerprint density at radius 3 is 2.37 bits per heavy atom. The zero-order valence-electron chi connectivity index (χ0n) is 16.4. The lowest BCUT2D eigenvalue weighted by Gasteiger charge is -2.18. The minimum Gasteiger partial charge on any atom is -0.434 e. The number of nitrogens with zero attached hydrogens (tertiary/aromatic N) is 1. The van der Waals surface area contributed by atoms with E-state index in [4.69, 9.17) is 0 Å². The van der Waals surface area contributed by atoms with Gasteiger partial charge in [0.05, 0.1) is 0 Å². The summed E-state index contributed by atoms with van der Waals surface area (Å²) in [5, 5.41) is 8.93. The van der Waals surface area contributed by atoms with Gasteiger partial charge in [-0.3, -0.25) is 9.79 Å². The molecular formula is C18H29F2IN4O2. The van der Waals surface area contributed by atoms with Crippen molar-refractivity contribution in [3.05, 3.63) is 29.3 Å². The Balaban J connectivity index is 0.00000676. The van der Waals surface area contributed by atoms with Crippen molar-refractivity contribution in [1.29, 1.82) is 0 Å². The van der Waals surface area contributed by atoms with Crippen LogP contribution in [0.3, 0.4) is 0 Å². The molecule has 27 heavy (non-hydrogen) atoms. The van der Waals surface area contributed by atoms with Crippen molar-refractivity contribution in [2.75, 3.05) is 20.1 Å². The van der Waals surface area contributed by atoms with Crippen LogP contribution in [-0.2, 0) is 11.3 Å². The van der Waals surface area contributed by atoms with Gasteiger partial charge in [0.15, 0.2) is 5.96 Å². The van der Waals surface area contributed by atoms with E-state index in [1.54, 1.807) is 19.2 Å². The number of aryl methyl sites for hydroxylation is 1. The van der Waals surface area contributed by atoms with Crippen LogP contribution in [-0.4, -0.2) is 38.6 Å². The number of carbonyl (C=O) groups excluding carboxylic acids is 1. The van der Waals surface area contributed by atoms with Crippen LogP contribution in [0.1, 0.15) is 31.9 Å². The van der Waals surface area contributed by atoms with Crippen molar-refractivity contribution >= 4 is 35.8 Å². The smallest absolute Gasteiger partial charge is 0.387 e. The summed E-state index contributed by atoms with van der Waals surface area (Å²) in [5.41, 5.74) is 1.11. The van der Waals surface area contributed by atoms with Crippen molar-refractivity contribution in [2.45, 2.75) is 40.9 Å². The van der Waals surface area contributed by atoms with Crippen molar-refractivity contribution in [2.24, 2.45) is 10.4 Å². The first-order chi connectivity index (χ1) is 12.1. The number of benzene rings is 1. The Morgan fingerprint density at radius 1 is 1.19 bits per heavy atom. The quantitative estimate of drug-likeness (QED) is 0.234. The minimum atomic E-state index is -2.87. The molecule has 0 aromatic heterocycles. The molecule has 0 saturated heterocycles. The van der Waals surface area contributed by atoms with E-state index < -0.39 is 12.0 Å². The predicted molar refractivity (Wildman–Crippen MR) is 114 cm³/mol. The van der Waals surface area contributed by atoms with Crippen molar-refractivity contribution < 1.29 is 18.3 Å². The number of hydrogen-bond acceptors (Lipinski definition) is 3. The molecule has 0 spiro atoms. The van der Waals surface area contributed by atoms with E-state index in [1.165, 1.54) is 6.07 Å². The monoisotopic (exact) mass is 498 g/mol. The summed E-state index contributed by atoms with van der Waals surface area (Å²) < 4.78 is 29.6. The first-order valence-electron chi connectivity index (χ1n) is 8.40. The molecule has 154 valence electrons. The Kier molecular flexibility index (Phi) is 11.2. The topological polar surface area (TPSA) is 74.8 Å². The fourth-order valence-corrected chi connectivity index (χ4v) is 2.08. The number of aliphatic imine (C=N–C) groups is 1. The van der Waals surface area contributed by atoms with Crippen molar-refractivity contribution in [3.63, 3.8) is 0 Å². The van der Waals surface area contributed by atoms with E-state index in [9.17, 15) is 13.6 Å². The SMILES string of the molecule is CN=C(NCCNC(=O)C(C)(C)C)NCc1cc(C)ccc1OC(F)F.I. The van der Waals surface area contributed by atoms with E-state index in [0.717, 1.165) is 5.56 Å². The van der Waals surface area contributed by atoms with Gasteiger partial charge in [-0.25, -0.2) is 0 Å². The van der Waals surface area contributed by atoms with E-state index in [1.807, 2.05) is 27.7 Å². The highest BCUT2D eigenvalue weighted by molar-refractivity contribution is 14.0. The Morgan fingerprint density at radius 2 is 1.81 bits per heavy atom. The molecule has 0 bridgehead atoms. The van der Waals surface area contributed by atoms with E-state index >= 15 is 0 Å². The van der Waals surface area contributed by atoms with E-state index in [-0.39, 0.29) is 42.2 Å². The second-order valence-electron chi connectivity index (χ2n) is 6.85. The molecule has 0 aliphatic rings. The molecule has 6 nitrogen and oxygen atoms in total. The first kappa shape index (κ1) is 25.4. The molecule has 0 atom stereocenters. The van der Waals surface area contributed by atoms with Gasteiger partial charge in [-0.1, -0.05) is 38.5 Å². The Bertz CT molecular complexity index is 634. The number of ether oxygens (including phenoxy) is 1. The van der Waals surface area contributed by atoms with Gasteiger partial charge in [0.2, 0.25) is 5.91 Å². The Labute approximate surface area is 176 Å². The maximum atomic E-state index is 12.5. The summed E-state index contributed by atoms with van der Waals surface area (Å²) in [6, 6.07) is 5.02. The van der Waals surface area contributed by atoms with Gasteiger partial charge in [0.1, 0.15) is 5.75 Å². The zero-order valence-corrected chi connectivity index (χ0v) is 18.7. The normalized spacial score (nSPS) is 11.6. The summed E-state index contributed by atoms with van der Waals surface area (Å²) in [6.45, 7) is 5.74. The highest BCUT2D eigenvalue weighted by atomic mass is 127. The highest BCUT2D eigenvalue weighted by Crippen LogP contribution is 2.21. The number of hydrogen-bond donors (Lipinski definition) is 3. The molecule has 9 heteroatoms. The van der Waals surface area contributed by atoms with Crippen LogP contribution >= 0.6 is 24.0 Å². The predicted octanol–water partition coefficient (Wildman–Crippen LogP) is 3.04. The molecule has 0 radical (unpaired) electrons. The minimum absolute atomic E-state index is 0. The third-order valence-electron chi connectivity index (χ3n) is 3.49. The zero-order chi connectivity index (χ0) is 19.7. The largest absolute Gasteiger partial charge is 0.434 e. The van der Waals surface area contributed by atoms with Gasteiger partial charge in [0, 0.05) is 37.7 Å². The lowest BCUT2D eigenvalue weighted by molar-refractivity contribution is -0.128. The van der Waals surface area contributed by atoms with Gasteiger partial charge in [0.25, 0.3) is 0 Å². The van der Waals surface area contributed by atoms with Crippen LogP contribution in [0.2, 0.25) is 0 Å². The fraction of sp³-hybridized carbons (Fsp3) is 0.556. The molecule has 1 aromatic rings. The third-order valence-corrected chi connectivity index (χ3v) is 3.49. The summed E-state index contributed by atoms with van der Waals surface area (Å²) in [5.74, 6) is 0.598. The summed E-state index contributed by atoms with van der Waals surface area (Å²) in [7, 11) is 1.61. The molecule has 0 aliphatic carbocycles. The summed E-state index contributed by atoms with van der Waals surface area (Å²) >= 11 is 0. The molecular weight excluding hydrogens is 469 g/mol. The van der Waals surface area contributed by atoms with Crippen LogP contribution in [0, 0.1) is 12.3 Å². The molecule has 1 aromatic carbocycles. The lowest BCUT2D eigenvalue weighted by Crippen LogP contribution is -2.43. The van der Waals surface area contributed by atoms with Gasteiger partial charge in [-0.15, -0.1) is 24.0 Å². The second-order valence-corrected chi connectivity index (χ2v) is 6.85. The number of guanidine groups is 1. The van der Waals surface area contributed by atoms with E-state index in [2.05, 4.69) is 25.7 Å². The van der Waals surface area contributed by atoms with Crippen LogP contribution < -0.4 is 20.7 Å². The molecule has 0 unspecified atom stereocenters. The number of nitrogens with one attached hydrogen (secondary N) is 3. The van der Waals surface area contributed by atoms with Gasteiger partial charge in [-0.2, -0.15) is 8.78 Å². The number of halogens is 3. The van der Waals surface area contributed by atoms with Crippen LogP contribution in [0.4, 0.5) is 8.78 Å². The van der Waals surface area contributed by atoms with Gasteiger partial charge >= 0.3 is 6.61 Å². The second kappa shape index (κ2) is 11.9. The number of amides is 1. The lowest BCUT2D eigenvalue weighted by atomic mass is 9.96. The van der Waals surface area contributed by atoms with Gasteiger partial charge in [-0.05, 0) is 13.0 Å². The molecule has 1 rings (SSSR count). The maximum absolute atomic E-state index is 12.5.